The van der Waals surface area contributed by atoms with Crippen molar-refractivity contribution in [3.05, 3.63) is 0 Å². The predicted molar refractivity (Wildman–Crippen MR) is 152 cm³/mol. The van der Waals surface area contributed by atoms with Crippen LogP contribution in [0.4, 0.5) is 0 Å². The van der Waals surface area contributed by atoms with Crippen LogP contribution in [0.1, 0.15) is 0 Å². The van der Waals surface area contributed by atoms with Crippen LogP contribution in [-0.2, 0) is 47.4 Å². The Kier molecular flexibility index (Phi) is 29.2. The molecule has 44 heavy (non-hydrogen) atoms. The highest BCUT2D eigenvalue weighted by molar-refractivity contribution is 4.65. The lowest BCUT2D eigenvalue weighted by atomic mass is 10.3. The number of aliphatic hydroxyl groups is 7. The smallest absolute Gasteiger partial charge is 0.104 e. The second-order valence-electron chi connectivity index (χ2n) is 9.95. The summed E-state index contributed by atoms with van der Waals surface area (Å²) in [5.74, 6) is 0. The molecule has 7 N–H and O–H groups in total. The Labute approximate surface area is 259 Å². The van der Waals surface area contributed by atoms with Crippen molar-refractivity contribution < 1.29 is 83.1 Å². The minimum atomic E-state index is -0.993. The van der Waals surface area contributed by atoms with Crippen molar-refractivity contribution in [2.24, 2.45) is 0 Å². The lowest BCUT2D eigenvalue weighted by Gasteiger charge is -2.25. The van der Waals surface area contributed by atoms with Gasteiger partial charge >= 0.3 is 0 Å². The Morgan fingerprint density at radius 2 is 0.705 bits per heavy atom. The minimum Gasteiger partial charge on any atom is -0.394 e. The van der Waals surface area contributed by atoms with Crippen LogP contribution in [0.2, 0.25) is 0 Å². The first-order valence-corrected chi connectivity index (χ1v) is 14.4. The highest BCUT2D eigenvalue weighted by Crippen LogP contribution is 2.05. The fourth-order valence-electron chi connectivity index (χ4n) is 3.30. The SMILES string of the molecule is COCC(O)COCC(O)COCC(COC(COCC(CO)OCC(O)COCC(O)COC)COC(CO)CO)OC. The molecule has 7 atom stereocenters. The number of rotatable bonds is 33. The number of hydrogen-bond donors (Lipinski definition) is 7. The monoisotopic (exact) mass is 652 g/mol. The lowest BCUT2D eigenvalue weighted by Crippen LogP contribution is -2.37. The van der Waals surface area contributed by atoms with Crippen LogP contribution in [0.25, 0.3) is 0 Å². The van der Waals surface area contributed by atoms with Crippen LogP contribution in [0.3, 0.4) is 0 Å². The first kappa shape index (κ1) is 43.3. The van der Waals surface area contributed by atoms with E-state index in [1.807, 2.05) is 0 Å². The summed E-state index contributed by atoms with van der Waals surface area (Å²) in [6.45, 7) is -1.18. The fraction of sp³-hybridized carbons (Fsp3) is 1.00. The van der Waals surface area contributed by atoms with Crippen LogP contribution in [0, 0.1) is 0 Å². The third-order valence-corrected chi connectivity index (χ3v) is 5.68. The summed E-state index contributed by atoms with van der Waals surface area (Å²) >= 11 is 0. The van der Waals surface area contributed by atoms with Crippen molar-refractivity contribution >= 4 is 0 Å². The molecule has 17 heteroatoms. The maximum atomic E-state index is 10.0. The summed E-state index contributed by atoms with van der Waals surface area (Å²) in [5.41, 5.74) is 0. The van der Waals surface area contributed by atoms with Gasteiger partial charge in [-0.25, -0.2) is 0 Å². The Morgan fingerprint density at radius 1 is 0.364 bits per heavy atom. The average molecular weight is 653 g/mol. The summed E-state index contributed by atoms with van der Waals surface area (Å²) in [6, 6.07) is 0. The molecule has 0 heterocycles. The first-order chi connectivity index (χ1) is 21.2. The quantitative estimate of drug-likeness (QED) is 0.0357. The van der Waals surface area contributed by atoms with Crippen molar-refractivity contribution in [3.8, 4) is 0 Å². The molecular formula is C27H56O17. The molecule has 0 saturated carbocycles. The Hall–Kier alpha value is -0.680. The Bertz CT molecular complexity index is 603. The topological polar surface area (TPSA) is 234 Å². The molecule has 7 unspecified atom stereocenters. The molecule has 0 aromatic heterocycles. The summed E-state index contributed by atoms with van der Waals surface area (Å²) in [4.78, 5) is 0. The largest absolute Gasteiger partial charge is 0.394 e. The highest BCUT2D eigenvalue weighted by Gasteiger charge is 2.20. The van der Waals surface area contributed by atoms with E-state index in [0.29, 0.717) is 0 Å². The van der Waals surface area contributed by atoms with E-state index >= 15 is 0 Å². The third-order valence-electron chi connectivity index (χ3n) is 5.68. The molecule has 0 saturated heterocycles. The second kappa shape index (κ2) is 29.7. The van der Waals surface area contributed by atoms with Crippen LogP contribution < -0.4 is 0 Å². The summed E-state index contributed by atoms with van der Waals surface area (Å²) in [7, 11) is 4.38. The van der Waals surface area contributed by atoms with E-state index in [2.05, 4.69) is 0 Å². The van der Waals surface area contributed by atoms with Crippen LogP contribution in [0.15, 0.2) is 0 Å². The van der Waals surface area contributed by atoms with E-state index in [-0.39, 0.29) is 92.5 Å². The maximum Gasteiger partial charge on any atom is 0.104 e. The van der Waals surface area contributed by atoms with E-state index in [4.69, 9.17) is 47.4 Å². The molecule has 0 fully saturated rings. The zero-order valence-corrected chi connectivity index (χ0v) is 26.1. The van der Waals surface area contributed by atoms with E-state index in [1.165, 1.54) is 21.3 Å². The molecule has 17 nitrogen and oxygen atoms in total. The van der Waals surface area contributed by atoms with Gasteiger partial charge in [-0.05, 0) is 0 Å². The van der Waals surface area contributed by atoms with E-state index < -0.39 is 62.0 Å². The third kappa shape index (κ3) is 24.5. The van der Waals surface area contributed by atoms with Crippen LogP contribution in [-0.4, -0.2) is 212 Å². The Balaban J connectivity index is 4.58. The van der Waals surface area contributed by atoms with Gasteiger partial charge in [0.2, 0.25) is 0 Å². The summed E-state index contributed by atoms with van der Waals surface area (Å²) < 4.78 is 53.4. The molecule has 0 amide bonds. The predicted octanol–water partition coefficient (Wildman–Crippen LogP) is -4.06. The number of hydrogen-bond acceptors (Lipinski definition) is 17. The zero-order chi connectivity index (χ0) is 33.0. The standard InChI is InChI=1S/C27H56O17/c1-35-7-20(31)9-38-11-22(33)12-40-16-26(37-3)18-44-27(19-43-24(4-28)5-29)17-41-15-25(6-30)42-14-23(34)13-39-10-21(32)8-36-2/h20-34H,4-19H2,1-3H3. The van der Waals surface area contributed by atoms with Crippen molar-refractivity contribution in [3.63, 3.8) is 0 Å². The van der Waals surface area contributed by atoms with Gasteiger partial charge in [0.25, 0.3) is 0 Å². The van der Waals surface area contributed by atoms with Crippen molar-refractivity contribution in [2.75, 3.05) is 127 Å². The van der Waals surface area contributed by atoms with Gasteiger partial charge in [-0.1, -0.05) is 0 Å². The second-order valence-corrected chi connectivity index (χ2v) is 9.95. The Morgan fingerprint density at radius 3 is 1.18 bits per heavy atom. The normalized spacial score (nSPS) is 17.0. The maximum absolute atomic E-state index is 10.0. The molecule has 266 valence electrons. The molecule has 0 aliphatic rings. The van der Waals surface area contributed by atoms with E-state index in [1.54, 1.807) is 0 Å². The molecule has 0 radical (unpaired) electrons. The fourth-order valence-corrected chi connectivity index (χ4v) is 3.30. The number of aliphatic hydroxyl groups excluding tert-OH is 7. The first-order valence-electron chi connectivity index (χ1n) is 14.4. The lowest BCUT2D eigenvalue weighted by molar-refractivity contribution is -0.133. The molecule has 0 aromatic rings. The van der Waals surface area contributed by atoms with Gasteiger partial charge < -0.3 is 83.1 Å². The highest BCUT2D eigenvalue weighted by atomic mass is 16.6. The van der Waals surface area contributed by atoms with Crippen molar-refractivity contribution in [1.82, 2.24) is 0 Å². The molecular weight excluding hydrogens is 596 g/mol. The molecule has 0 bridgehead atoms. The van der Waals surface area contributed by atoms with Gasteiger partial charge in [-0.15, -0.1) is 0 Å². The minimum absolute atomic E-state index is 0.00520. The summed E-state index contributed by atoms with van der Waals surface area (Å²) in [5, 5.41) is 67.4. The van der Waals surface area contributed by atoms with Crippen LogP contribution in [0.5, 0.6) is 0 Å². The van der Waals surface area contributed by atoms with Gasteiger partial charge in [0.15, 0.2) is 0 Å². The average Bonchev–Trinajstić information content (AvgIpc) is 3.00. The van der Waals surface area contributed by atoms with Gasteiger partial charge in [-0.3, -0.25) is 0 Å². The van der Waals surface area contributed by atoms with Gasteiger partial charge in [0.1, 0.15) is 48.8 Å². The van der Waals surface area contributed by atoms with Gasteiger partial charge in [0, 0.05) is 21.3 Å². The molecule has 0 aromatic carbocycles. The zero-order valence-electron chi connectivity index (χ0n) is 26.1. The van der Waals surface area contributed by atoms with Crippen molar-refractivity contribution in [2.45, 2.75) is 48.8 Å². The molecule has 0 rings (SSSR count). The number of ether oxygens (including phenoxy) is 10. The van der Waals surface area contributed by atoms with Gasteiger partial charge in [0.05, 0.1) is 106 Å². The van der Waals surface area contributed by atoms with E-state index in [9.17, 15) is 35.7 Å². The molecule has 0 aliphatic carbocycles. The number of methoxy groups -OCH3 is 3. The van der Waals surface area contributed by atoms with Crippen molar-refractivity contribution in [1.29, 1.82) is 0 Å². The van der Waals surface area contributed by atoms with Crippen LogP contribution >= 0.6 is 0 Å². The van der Waals surface area contributed by atoms with E-state index in [0.717, 1.165) is 0 Å². The molecule has 0 aliphatic heterocycles. The summed E-state index contributed by atoms with van der Waals surface area (Å²) in [6.07, 6.45) is -6.27. The van der Waals surface area contributed by atoms with Gasteiger partial charge in [-0.2, -0.15) is 0 Å². The molecule has 0 spiro atoms.